The number of aromatic nitrogens is 2. The van der Waals surface area contributed by atoms with Crippen molar-refractivity contribution in [2.75, 3.05) is 47.0 Å². The molecule has 0 bridgehead atoms. The monoisotopic (exact) mass is 559 g/mol. The highest BCUT2D eigenvalue weighted by Gasteiger charge is 2.19. The van der Waals surface area contributed by atoms with Crippen molar-refractivity contribution >= 4 is 81.1 Å². The van der Waals surface area contributed by atoms with E-state index in [4.69, 9.17) is 34.8 Å². The van der Waals surface area contributed by atoms with Gasteiger partial charge in [0.2, 0.25) is 11.9 Å². The Balaban J connectivity index is 1.45. The topological polar surface area (TPSA) is 102 Å². The molecule has 2 heterocycles. The minimum atomic E-state index is -0.494. The quantitative estimate of drug-likeness (QED) is 0.322. The summed E-state index contributed by atoms with van der Waals surface area (Å²) >= 11 is 18.5. The molecule has 12 heteroatoms. The van der Waals surface area contributed by atoms with Gasteiger partial charge in [-0.15, -0.1) is 0 Å². The molecule has 37 heavy (non-hydrogen) atoms. The molecule has 0 atom stereocenters. The van der Waals surface area contributed by atoms with Crippen LogP contribution in [0.3, 0.4) is 0 Å². The average Bonchev–Trinajstić information content (AvgIpc) is 2.87. The molecule has 2 amide bonds. The summed E-state index contributed by atoms with van der Waals surface area (Å²) in [5.41, 5.74) is 2.77. The van der Waals surface area contributed by atoms with Gasteiger partial charge in [0.05, 0.1) is 21.9 Å². The Morgan fingerprint density at radius 2 is 1.70 bits per heavy atom. The second-order valence-corrected chi connectivity index (χ2v) is 9.51. The second kappa shape index (κ2) is 11.7. The highest BCUT2D eigenvalue weighted by Crippen LogP contribution is 2.31. The van der Waals surface area contributed by atoms with Crippen LogP contribution in [0.2, 0.25) is 10.0 Å². The Labute approximate surface area is 229 Å². The lowest BCUT2D eigenvalue weighted by Crippen LogP contribution is -2.48. The van der Waals surface area contributed by atoms with Gasteiger partial charge >= 0.3 is 0 Å². The third-order valence-electron chi connectivity index (χ3n) is 5.66. The molecule has 9 nitrogen and oxygen atoms in total. The lowest BCUT2D eigenvalue weighted by atomic mass is 10.2. The first-order chi connectivity index (χ1) is 17.7. The van der Waals surface area contributed by atoms with Crippen molar-refractivity contribution in [1.29, 1.82) is 0 Å². The van der Waals surface area contributed by atoms with Crippen molar-refractivity contribution in [3.8, 4) is 0 Å². The predicted molar refractivity (Wildman–Crippen MR) is 150 cm³/mol. The van der Waals surface area contributed by atoms with Gasteiger partial charge in [-0.2, -0.15) is 4.98 Å². The van der Waals surface area contributed by atoms with Crippen LogP contribution in [-0.4, -0.2) is 52.9 Å². The Bertz CT molecular complexity index is 1340. The van der Waals surface area contributed by atoms with Gasteiger partial charge < -0.3 is 25.8 Å². The smallest absolute Gasteiger partial charge is 0.266 e. The van der Waals surface area contributed by atoms with E-state index in [1.54, 1.807) is 31.2 Å². The SMILES string of the molecule is C=C(Cl)C(=O)Nc1cccc(Nc2nc(Nc3ccc(N4CCN(C(C)=O)CC4)cc3Cl)ncc2Cl)c1. The van der Waals surface area contributed by atoms with E-state index in [1.165, 1.54) is 6.20 Å². The summed E-state index contributed by atoms with van der Waals surface area (Å²) in [6.45, 7) is 7.84. The number of hydrogen-bond donors (Lipinski definition) is 3. The van der Waals surface area contributed by atoms with Crippen molar-refractivity contribution < 1.29 is 9.59 Å². The zero-order chi connectivity index (χ0) is 26.5. The summed E-state index contributed by atoms with van der Waals surface area (Å²) in [4.78, 5) is 36.1. The molecular formula is C25H24Cl3N7O2. The van der Waals surface area contributed by atoms with E-state index >= 15 is 0 Å². The van der Waals surface area contributed by atoms with Crippen molar-refractivity contribution in [2.45, 2.75) is 6.92 Å². The van der Waals surface area contributed by atoms with Crippen LogP contribution in [0.4, 0.5) is 34.5 Å². The van der Waals surface area contributed by atoms with Crippen molar-refractivity contribution in [3.05, 3.63) is 70.3 Å². The molecule has 1 aliphatic heterocycles. The van der Waals surface area contributed by atoms with E-state index in [0.29, 0.717) is 52.0 Å². The van der Waals surface area contributed by atoms with Crippen LogP contribution in [0, 0.1) is 0 Å². The maximum Gasteiger partial charge on any atom is 0.266 e. The molecule has 1 fully saturated rings. The maximum absolute atomic E-state index is 11.8. The Kier molecular flexibility index (Phi) is 8.38. The van der Waals surface area contributed by atoms with Gasteiger partial charge in [-0.25, -0.2) is 4.98 Å². The van der Waals surface area contributed by atoms with E-state index in [2.05, 4.69) is 37.4 Å². The van der Waals surface area contributed by atoms with Crippen LogP contribution >= 0.6 is 34.8 Å². The number of nitrogens with one attached hydrogen (secondary N) is 3. The first-order valence-corrected chi connectivity index (χ1v) is 12.5. The summed E-state index contributed by atoms with van der Waals surface area (Å²) < 4.78 is 0. The van der Waals surface area contributed by atoms with E-state index in [1.807, 2.05) is 23.1 Å². The van der Waals surface area contributed by atoms with Gasteiger partial charge in [0.1, 0.15) is 5.02 Å². The second-order valence-electron chi connectivity index (χ2n) is 8.24. The first-order valence-electron chi connectivity index (χ1n) is 11.3. The number of carbonyl (C=O) groups excluding carboxylic acids is 2. The summed E-state index contributed by atoms with van der Waals surface area (Å²) in [5, 5.41) is 9.58. The zero-order valence-electron chi connectivity index (χ0n) is 19.9. The fourth-order valence-corrected chi connectivity index (χ4v) is 4.14. The molecule has 0 saturated carbocycles. The standard InChI is InChI=1S/C25H24Cl3N7O2/c1-15(26)24(37)31-18-5-3-4-17(12-18)30-23-21(28)14-29-25(33-23)32-22-7-6-19(13-20(22)27)35-10-8-34(9-11-35)16(2)36/h3-7,12-14H,1,8-11H2,2H3,(H,31,37)(H2,29,30,32,33). The van der Waals surface area contributed by atoms with Crippen LogP contribution in [0.1, 0.15) is 6.92 Å². The van der Waals surface area contributed by atoms with E-state index in [9.17, 15) is 9.59 Å². The van der Waals surface area contributed by atoms with Crippen LogP contribution in [-0.2, 0) is 9.59 Å². The largest absolute Gasteiger partial charge is 0.368 e. The van der Waals surface area contributed by atoms with Gasteiger partial charge in [-0.3, -0.25) is 9.59 Å². The first kappa shape index (κ1) is 26.5. The molecule has 0 unspecified atom stereocenters. The third-order valence-corrected chi connectivity index (χ3v) is 6.42. The normalized spacial score (nSPS) is 13.2. The van der Waals surface area contributed by atoms with E-state index in [0.717, 1.165) is 18.8 Å². The van der Waals surface area contributed by atoms with E-state index in [-0.39, 0.29) is 10.9 Å². The third kappa shape index (κ3) is 6.82. The molecule has 3 aromatic rings. The number of piperazine rings is 1. The highest BCUT2D eigenvalue weighted by atomic mass is 35.5. The summed E-state index contributed by atoms with van der Waals surface area (Å²) in [6.07, 6.45) is 1.47. The molecule has 1 saturated heterocycles. The molecule has 1 aromatic heterocycles. The Morgan fingerprint density at radius 1 is 0.973 bits per heavy atom. The summed E-state index contributed by atoms with van der Waals surface area (Å²) in [5.74, 6) is 0.248. The Hall–Kier alpha value is -3.53. The van der Waals surface area contributed by atoms with Gasteiger partial charge in [0.25, 0.3) is 5.91 Å². The van der Waals surface area contributed by atoms with Gasteiger partial charge in [0.15, 0.2) is 5.82 Å². The zero-order valence-corrected chi connectivity index (χ0v) is 22.2. The molecule has 0 aliphatic carbocycles. The molecule has 2 aromatic carbocycles. The number of benzene rings is 2. The number of halogens is 3. The summed E-state index contributed by atoms with van der Waals surface area (Å²) in [6, 6.07) is 12.7. The number of nitrogens with zero attached hydrogens (tertiary/aromatic N) is 4. The van der Waals surface area contributed by atoms with Crippen LogP contribution in [0.25, 0.3) is 0 Å². The minimum absolute atomic E-state index is 0.0890. The van der Waals surface area contributed by atoms with Crippen LogP contribution < -0.4 is 20.9 Å². The molecular weight excluding hydrogens is 537 g/mol. The maximum atomic E-state index is 11.8. The lowest BCUT2D eigenvalue weighted by molar-refractivity contribution is -0.129. The lowest BCUT2D eigenvalue weighted by Gasteiger charge is -2.35. The average molecular weight is 561 g/mol. The number of amides is 2. The number of anilines is 6. The van der Waals surface area contributed by atoms with Crippen molar-refractivity contribution in [2.24, 2.45) is 0 Å². The fraction of sp³-hybridized carbons (Fsp3) is 0.200. The number of rotatable bonds is 7. The number of carbonyl (C=O) groups is 2. The molecule has 4 rings (SSSR count). The minimum Gasteiger partial charge on any atom is -0.368 e. The fourth-order valence-electron chi connectivity index (χ4n) is 3.73. The summed E-state index contributed by atoms with van der Waals surface area (Å²) in [7, 11) is 0. The molecule has 3 N–H and O–H groups in total. The Morgan fingerprint density at radius 3 is 2.38 bits per heavy atom. The van der Waals surface area contributed by atoms with Gasteiger partial charge in [-0.1, -0.05) is 47.4 Å². The van der Waals surface area contributed by atoms with Gasteiger partial charge in [-0.05, 0) is 36.4 Å². The molecule has 192 valence electrons. The van der Waals surface area contributed by atoms with Crippen LogP contribution in [0.15, 0.2) is 60.3 Å². The molecule has 0 spiro atoms. The van der Waals surface area contributed by atoms with Crippen LogP contribution in [0.5, 0.6) is 0 Å². The van der Waals surface area contributed by atoms with Crippen molar-refractivity contribution in [1.82, 2.24) is 14.9 Å². The number of hydrogen-bond acceptors (Lipinski definition) is 7. The molecule has 0 radical (unpaired) electrons. The predicted octanol–water partition coefficient (Wildman–Crippen LogP) is 5.63. The van der Waals surface area contributed by atoms with E-state index < -0.39 is 5.91 Å². The van der Waals surface area contributed by atoms with Crippen molar-refractivity contribution in [3.63, 3.8) is 0 Å². The highest BCUT2D eigenvalue weighted by molar-refractivity contribution is 6.43. The molecule has 1 aliphatic rings. The van der Waals surface area contributed by atoms with Gasteiger partial charge in [0, 0.05) is 50.2 Å².